The third-order valence-corrected chi connectivity index (χ3v) is 4.33. The van der Waals surface area contributed by atoms with Gasteiger partial charge in [-0.1, -0.05) is 31.5 Å². The van der Waals surface area contributed by atoms with Crippen LogP contribution in [0.25, 0.3) is 0 Å². The molecule has 4 nitrogen and oxygen atoms in total. The highest BCUT2D eigenvalue weighted by atomic mass is 32.1. The molecular formula is C16H21N3OS. The van der Waals surface area contributed by atoms with Crippen LogP contribution in [0.15, 0.2) is 18.2 Å². The van der Waals surface area contributed by atoms with Crippen LogP contribution < -0.4 is 10.5 Å². The molecule has 2 aromatic rings. The van der Waals surface area contributed by atoms with Gasteiger partial charge in [0.1, 0.15) is 23.2 Å². The summed E-state index contributed by atoms with van der Waals surface area (Å²) < 4.78 is 5.92. The van der Waals surface area contributed by atoms with E-state index < -0.39 is 0 Å². The minimum Gasteiger partial charge on any atom is -0.486 e. The number of aryl methyl sites for hydroxylation is 3. The summed E-state index contributed by atoms with van der Waals surface area (Å²) in [6.45, 7) is 6.58. The second-order valence-electron chi connectivity index (χ2n) is 5.06. The number of benzene rings is 1. The van der Waals surface area contributed by atoms with E-state index in [1.54, 1.807) is 0 Å². The molecule has 0 fully saturated rings. The molecule has 0 spiro atoms. The van der Waals surface area contributed by atoms with E-state index >= 15 is 0 Å². The SMILES string of the molecule is CCCc1nc(COc2c(C)cccc2C)sc1C(=N)N. The van der Waals surface area contributed by atoms with Gasteiger partial charge >= 0.3 is 0 Å². The molecule has 0 radical (unpaired) electrons. The summed E-state index contributed by atoms with van der Waals surface area (Å²) in [6, 6.07) is 6.09. The fourth-order valence-corrected chi connectivity index (χ4v) is 3.12. The topological polar surface area (TPSA) is 72.0 Å². The van der Waals surface area contributed by atoms with Gasteiger partial charge in [0.05, 0.1) is 10.6 Å². The Bertz CT molecular complexity index is 629. The number of ether oxygens (including phenoxy) is 1. The molecule has 0 unspecified atom stereocenters. The molecule has 3 N–H and O–H groups in total. The first-order chi connectivity index (χ1) is 10.0. The zero-order valence-corrected chi connectivity index (χ0v) is 13.5. The number of nitrogen functional groups attached to an aromatic ring is 1. The molecule has 0 atom stereocenters. The number of thiazole rings is 1. The van der Waals surface area contributed by atoms with Crippen LogP contribution in [0, 0.1) is 19.3 Å². The number of nitrogens with zero attached hydrogens (tertiary/aromatic N) is 1. The Hall–Kier alpha value is -1.88. The number of para-hydroxylation sites is 1. The maximum atomic E-state index is 7.64. The zero-order chi connectivity index (χ0) is 15.4. The van der Waals surface area contributed by atoms with Gasteiger partial charge < -0.3 is 10.5 Å². The minimum atomic E-state index is 0.0919. The van der Waals surface area contributed by atoms with Gasteiger partial charge in [-0.05, 0) is 31.4 Å². The van der Waals surface area contributed by atoms with Crippen LogP contribution in [0.2, 0.25) is 0 Å². The average molecular weight is 303 g/mol. The van der Waals surface area contributed by atoms with Crippen molar-refractivity contribution in [2.24, 2.45) is 5.73 Å². The zero-order valence-electron chi connectivity index (χ0n) is 12.7. The summed E-state index contributed by atoms with van der Waals surface area (Å²) in [5.74, 6) is 1.00. The highest BCUT2D eigenvalue weighted by Gasteiger charge is 2.14. The summed E-state index contributed by atoms with van der Waals surface area (Å²) in [7, 11) is 0. The molecular weight excluding hydrogens is 282 g/mol. The first kappa shape index (κ1) is 15.5. The maximum absolute atomic E-state index is 7.64. The number of aromatic nitrogens is 1. The summed E-state index contributed by atoms with van der Waals surface area (Å²) >= 11 is 1.45. The Morgan fingerprint density at radius 1 is 1.33 bits per heavy atom. The molecule has 0 aliphatic heterocycles. The van der Waals surface area contributed by atoms with Crippen molar-refractivity contribution in [1.82, 2.24) is 4.98 Å². The molecule has 0 saturated heterocycles. The lowest BCUT2D eigenvalue weighted by atomic mass is 10.1. The Kier molecular flexibility index (Phi) is 4.96. The molecule has 0 aliphatic rings. The Labute approximate surface area is 129 Å². The van der Waals surface area contributed by atoms with Gasteiger partial charge in [0.25, 0.3) is 0 Å². The smallest absolute Gasteiger partial charge is 0.140 e. The Balaban J connectivity index is 2.17. The van der Waals surface area contributed by atoms with Gasteiger partial charge in [-0.2, -0.15) is 0 Å². The van der Waals surface area contributed by atoms with Crippen molar-refractivity contribution in [1.29, 1.82) is 5.41 Å². The second kappa shape index (κ2) is 6.72. The van der Waals surface area contributed by atoms with Gasteiger partial charge in [0, 0.05) is 0 Å². The van der Waals surface area contributed by atoms with E-state index in [0.29, 0.717) is 6.61 Å². The van der Waals surface area contributed by atoms with Crippen LogP contribution in [0.1, 0.15) is 40.1 Å². The molecule has 1 heterocycles. The lowest BCUT2D eigenvalue weighted by Gasteiger charge is -2.10. The summed E-state index contributed by atoms with van der Waals surface area (Å²) in [5, 5.41) is 8.51. The predicted molar refractivity (Wildman–Crippen MR) is 87.4 cm³/mol. The summed E-state index contributed by atoms with van der Waals surface area (Å²) in [5.41, 5.74) is 8.77. The highest BCUT2D eigenvalue weighted by molar-refractivity contribution is 7.13. The Morgan fingerprint density at radius 3 is 2.57 bits per heavy atom. The first-order valence-electron chi connectivity index (χ1n) is 7.05. The van der Waals surface area contributed by atoms with Crippen LogP contribution in [0.3, 0.4) is 0 Å². The molecule has 0 amide bonds. The molecule has 112 valence electrons. The fourth-order valence-electron chi connectivity index (χ4n) is 2.24. The molecule has 1 aromatic heterocycles. The van der Waals surface area contributed by atoms with Gasteiger partial charge in [0.15, 0.2) is 0 Å². The number of rotatable bonds is 6. The number of nitrogens with one attached hydrogen (secondary N) is 1. The lowest BCUT2D eigenvalue weighted by molar-refractivity contribution is 0.301. The predicted octanol–water partition coefficient (Wildman–Crippen LogP) is 3.58. The van der Waals surface area contributed by atoms with Crippen molar-refractivity contribution >= 4 is 17.2 Å². The van der Waals surface area contributed by atoms with E-state index in [0.717, 1.165) is 45.3 Å². The minimum absolute atomic E-state index is 0.0919. The molecule has 5 heteroatoms. The van der Waals surface area contributed by atoms with Crippen molar-refractivity contribution in [2.45, 2.75) is 40.2 Å². The van der Waals surface area contributed by atoms with Crippen molar-refractivity contribution in [3.8, 4) is 5.75 Å². The number of hydrogen-bond acceptors (Lipinski definition) is 4. The van der Waals surface area contributed by atoms with Crippen molar-refractivity contribution in [2.75, 3.05) is 0 Å². The van der Waals surface area contributed by atoms with E-state index in [9.17, 15) is 0 Å². The van der Waals surface area contributed by atoms with E-state index in [4.69, 9.17) is 15.9 Å². The van der Waals surface area contributed by atoms with Crippen LogP contribution in [-0.2, 0) is 13.0 Å². The van der Waals surface area contributed by atoms with Crippen molar-refractivity contribution in [3.63, 3.8) is 0 Å². The summed E-state index contributed by atoms with van der Waals surface area (Å²) in [4.78, 5) is 5.34. The molecule has 0 aliphatic carbocycles. The second-order valence-corrected chi connectivity index (χ2v) is 6.14. The molecule has 1 aromatic carbocycles. The lowest BCUT2D eigenvalue weighted by Crippen LogP contribution is -2.11. The largest absolute Gasteiger partial charge is 0.486 e. The van der Waals surface area contributed by atoms with Gasteiger partial charge in [-0.3, -0.25) is 5.41 Å². The molecule has 21 heavy (non-hydrogen) atoms. The quantitative estimate of drug-likeness (QED) is 0.633. The van der Waals surface area contributed by atoms with E-state index in [2.05, 4.69) is 11.9 Å². The van der Waals surface area contributed by atoms with Crippen LogP contribution in [-0.4, -0.2) is 10.8 Å². The van der Waals surface area contributed by atoms with Crippen LogP contribution >= 0.6 is 11.3 Å². The number of amidine groups is 1. The van der Waals surface area contributed by atoms with E-state index in [1.165, 1.54) is 11.3 Å². The maximum Gasteiger partial charge on any atom is 0.140 e. The van der Waals surface area contributed by atoms with Crippen LogP contribution in [0.4, 0.5) is 0 Å². The van der Waals surface area contributed by atoms with Crippen molar-refractivity contribution in [3.05, 3.63) is 44.9 Å². The third kappa shape index (κ3) is 3.61. The molecule has 2 rings (SSSR count). The highest BCUT2D eigenvalue weighted by Crippen LogP contribution is 2.25. The number of hydrogen-bond donors (Lipinski definition) is 2. The fraction of sp³-hybridized carbons (Fsp3) is 0.375. The van der Waals surface area contributed by atoms with Gasteiger partial charge in [0.2, 0.25) is 0 Å². The van der Waals surface area contributed by atoms with E-state index in [-0.39, 0.29) is 5.84 Å². The molecule has 0 bridgehead atoms. The summed E-state index contributed by atoms with van der Waals surface area (Å²) in [6.07, 6.45) is 1.83. The third-order valence-electron chi connectivity index (χ3n) is 3.22. The standard InChI is InChI=1S/C16H21N3OS/c1-4-6-12-15(16(17)18)21-13(19-12)9-20-14-10(2)7-5-8-11(14)3/h5,7-8H,4,6,9H2,1-3H3,(H3,17,18). The molecule has 0 saturated carbocycles. The Morgan fingerprint density at radius 2 is 2.00 bits per heavy atom. The van der Waals surface area contributed by atoms with Gasteiger partial charge in [-0.15, -0.1) is 11.3 Å². The first-order valence-corrected chi connectivity index (χ1v) is 7.86. The monoisotopic (exact) mass is 303 g/mol. The van der Waals surface area contributed by atoms with Gasteiger partial charge in [-0.25, -0.2) is 4.98 Å². The van der Waals surface area contributed by atoms with Crippen LogP contribution in [0.5, 0.6) is 5.75 Å². The van der Waals surface area contributed by atoms with E-state index in [1.807, 2.05) is 32.0 Å². The average Bonchev–Trinajstić information content (AvgIpc) is 2.82. The van der Waals surface area contributed by atoms with Crippen molar-refractivity contribution < 1.29 is 4.74 Å². The normalized spacial score (nSPS) is 10.6. The number of nitrogens with two attached hydrogens (primary N) is 1.